The lowest BCUT2D eigenvalue weighted by molar-refractivity contribution is 0.174. The van der Waals surface area contributed by atoms with Crippen LogP contribution in [0.25, 0.3) is 16.7 Å². The normalized spacial score (nSPS) is 12.4. The van der Waals surface area contributed by atoms with E-state index in [4.69, 9.17) is 9.47 Å². The molecule has 1 aliphatic rings. The number of nitriles is 1. The number of hydrogen-bond acceptors (Lipinski definition) is 6. The highest BCUT2D eigenvalue weighted by Crippen LogP contribution is 2.32. The van der Waals surface area contributed by atoms with E-state index in [0.717, 1.165) is 5.56 Å². The Labute approximate surface area is 157 Å². The van der Waals surface area contributed by atoms with Crippen molar-refractivity contribution in [3.8, 4) is 17.6 Å². The summed E-state index contributed by atoms with van der Waals surface area (Å²) < 4.78 is 13.4. The first-order chi connectivity index (χ1) is 13.7. The van der Waals surface area contributed by atoms with Gasteiger partial charge >= 0.3 is 0 Å². The Hall–Kier alpha value is -4.12. The van der Waals surface area contributed by atoms with Gasteiger partial charge in [-0.2, -0.15) is 5.26 Å². The summed E-state index contributed by atoms with van der Waals surface area (Å²) in [7, 11) is 0. The molecule has 0 saturated heterocycles. The van der Waals surface area contributed by atoms with Crippen LogP contribution >= 0.6 is 0 Å². The second kappa shape index (κ2) is 5.96. The first-order valence-electron chi connectivity index (χ1n) is 8.49. The quantitative estimate of drug-likeness (QED) is 0.496. The number of pyridine rings is 2. The minimum Gasteiger partial charge on any atom is -0.454 e. The second-order valence-electron chi connectivity index (χ2n) is 6.33. The summed E-state index contributed by atoms with van der Waals surface area (Å²) in [5, 5.41) is 9.58. The van der Waals surface area contributed by atoms with Crippen molar-refractivity contribution in [2.45, 2.75) is 6.54 Å². The van der Waals surface area contributed by atoms with Gasteiger partial charge in [0.1, 0.15) is 17.3 Å². The number of fused-ring (bicyclic) bond motifs is 3. The summed E-state index contributed by atoms with van der Waals surface area (Å²) in [6.45, 7) is 0.285. The van der Waals surface area contributed by atoms with Gasteiger partial charge in [0.05, 0.1) is 11.9 Å². The average Bonchev–Trinajstić information content (AvgIpc) is 3.18. The number of hydrogen-bond donors (Lipinski definition) is 0. The highest BCUT2D eigenvalue weighted by molar-refractivity contribution is 5.78. The zero-order valence-electron chi connectivity index (χ0n) is 14.5. The van der Waals surface area contributed by atoms with Crippen LogP contribution in [0.3, 0.4) is 0 Å². The number of aromatic nitrogens is 3. The van der Waals surface area contributed by atoms with Crippen molar-refractivity contribution < 1.29 is 9.47 Å². The van der Waals surface area contributed by atoms with Crippen LogP contribution in [0.15, 0.2) is 58.3 Å². The lowest BCUT2D eigenvalue weighted by Gasteiger charge is -2.12. The molecule has 0 N–H and O–H groups in total. The predicted molar refractivity (Wildman–Crippen MR) is 99.6 cm³/mol. The summed E-state index contributed by atoms with van der Waals surface area (Å²) in [6, 6.07) is 13.7. The Kier molecular flexibility index (Phi) is 3.42. The van der Waals surface area contributed by atoms with Gasteiger partial charge in [0.25, 0.3) is 11.1 Å². The minimum absolute atomic E-state index is 0.108. The molecular weight excluding hydrogens is 360 g/mol. The summed E-state index contributed by atoms with van der Waals surface area (Å²) in [5.41, 5.74) is 0.471. The first-order valence-corrected chi connectivity index (χ1v) is 8.49. The molecule has 0 aliphatic carbocycles. The van der Waals surface area contributed by atoms with Gasteiger partial charge in [0, 0.05) is 6.20 Å². The SMILES string of the molecule is N#Cc1cc2c(=O)n3ccccc3nc2n(Cc2ccc3c(c2)OCO3)c1=O. The van der Waals surface area contributed by atoms with Crippen LogP contribution in [0.2, 0.25) is 0 Å². The molecule has 0 atom stereocenters. The van der Waals surface area contributed by atoms with Crippen LogP contribution in [-0.4, -0.2) is 20.7 Å². The molecule has 1 aliphatic heterocycles. The van der Waals surface area contributed by atoms with E-state index in [1.807, 2.05) is 6.07 Å². The summed E-state index contributed by atoms with van der Waals surface area (Å²) in [5.74, 6) is 1.22. The van der Waals surface area contributed by atoms with E-state index in [0.29, 0.717) is 17.1 Å². The van der Waals surface area contributed by atoms with Crippen LogP contribution in [0, 0.1) is 11.3 Å². The van der Waals surface area contributed by atoms with Gasteiger partial charge in [-0.3, -0.25) is 18.6 Å². The van der Waals surface area contributed by atoms with Crippen LogP contribution in [0.5, 0.6) is 11.5 Å². The maximum absolute atomic E-state index is 12.9. The van der Waals surface area contributed by atoms with Crippen LogP contribution in [0.1, 0.15) is 11.1 Å². The summed E-state index contributed by atoms with van der Waals surface area (Å²) in [4.78, 5) is 30.2. The number of benzene rings is 1. The lowest BCUT2D eigenvalue weighted by atomic mass is 10.1. The molecule has 136 valence electrons. The Morgan fingerprint density at radius 3 is 2.79 bits per heavy atom. The van der Waals surface area contributed by atoms with E-state index in [1.165, 1.54) is 15.0 Å². The Morgan fingerprint density at radius 1 is 1.07 bits per heavy atom. The van der Waals surface area contributed by atoms with Gasteiger partial charge in [0.2, 0.25) is 6.79 Å². The van der Waals surface area contributed by atoms with E-state index < -0.39 is 5.56 Å². The largest absolute Gasteiger partial charge is 0.454 e. The molecule has 0 unspecified atom stereocenters. The number of nitrogens with zero attached hydrogens (tertiary/aromatic N) is 4. The van der Waals surface area contributed by atoms with Crippen molar-refractivity contribution in [3.63, 3.8) is 0 Å². The molecule has 5 rings (SSSR count). The second-order valence-corrected chi connectivity index (χ2v) is 6.33. The maximum Gasteiger partial charge on any atom is 0.270 e. The highest BCUT2D eigenvalue weighted by Gasteiger charge is 2.17. The van der Waals surface area contributed by atoms with Gasteiger partial charge in [-0.25, -0.2) is 4.98 Å². The van der Waals surface area contributed by atoms with Crippen molar-refractivity contribution in [1.29, 1.82) is 5.26 Å². The van der Waals surface area contributed by atoms with E-state index in [1.54, 1.807) is 42.6 Å². The molecule has 8 heteroatoms. The lowest BCUT2D eigenvalue weighted by Crippen LogP contribution is -2.27. The molecule has 0 radical (unpaired) electrons. The fourth-order valence-corrected chi connectivity index (χ4v) is 3.32. The molecule has 0 amide bonds. The van der Waals surface area contributed by atoms with Gasteiger partial charge < -0.3 is 9.47 Å². The van der Waals surface area contributed by atoms with E-state index in [9.17, 15) is 14.9 Å². The minimum atomic E-state index is -0.500. The molecule has 4 aromatic rings. The van der Waals surface area contributed by atoms with Crippen molar-refractivity contribution in [3.05, 3.63) is 80.5 Å². The topological polar surface area (TPSA) is 98.6 Å². The number of ether oxygens (including phenoxy) is 2. The summed E-state index contributed by atoms with van der Waals surface area (Å²) >= 11 is 0. The molecule has 0 saturated carbocycles. The highest BCUT2D eigenvalue weighted by atomic mass is 16.7. The zero-order valence-corrected chi connectivity index (χ0v) is 14.5. The Bertz CT molecular complexity index is 1430. The third-order valence-electron chi connectivity index (χ3n) is 4.67. The van der Waals surface area contributed by atoms with Crippen LogP contribution in [-0.2, 0) is 6.54 Å². The molecule has 3 aromatic heterocycles. The maximum atomic E-state index is 12.9. The van der Waals surface area contributed by atoms with Crippen molar-refractivity contribution in [2.24, 2.45) is 0 Å². The molecular formula is C20H12N4O4. The predicted octanol–water partition coefficient (Wildman–Crippen LogP) is 1.66. The zero-order chi connectivity index (χ0) is 19.3. The third-order valence-corrected chi connectivity index (χ3v) is 4.67. The van der Waals surface area contributed by atoms with Crippen LogP contribution in [0.4, 0.5) is 0 Å². The molecule has 4 heterocycles. The van der Waals surface area contributed by atoms with Gasteiger partial charge in [0.15, 0.2) is 17.1 Å². The molecule has 8 nitrogen and oxygen atoms in total. The fourth-order valence-electron chi connectivity index (χ4n) is 3.32. The fraction of sp³-hybridized carbons (Fsp3) is 0.100. The Morgan fingerprint density at radius 2 is 1.93 bits per heavy atom. The van der Waals surface area contributed by atoms with Crippen molar-refractivity contribution >= 4 is 16.7 Å². The molecule has 0 spiro atoms. The van der Waals surface area contributed by atoms with E-state index in [-0.39, 0.29) is 35.5 Å². The standard InChI is InChI=1S/C20H12N4O4/c21-9-13-8-14-18(22-17-3-1-2-6-23(17)20(14)26)24(19(13)25)10-12-4-5-15-16(7-12)28-11-27-15/h1-8H,10-11H2. The van der Waals surface area contributed by atoms with Gasteiger partial charge in [-0.05, 0) is 35.9 Å². The van der Waals surface area contributed by atoms with E-state index >= 15 is 0 Å². The van der Waals surface area contributed by atoms with Crippen molar-refractivity contribution in [1.82, 2.24) is 14.0 Å². The number of rotatable bonds is 2. The van der Waals surface area contributed by atoms with Crippen LogP contribution < -0.4 is 20.6 Å². The molecule has 0 bridgehead atoms. The van der Waals surface area contributed by atoms with Crippen molar-refractivity contribution in [2.75, 3.05) is 6.79 Å². The first kappa shape index (κ1) is 16.1. The summed E-state index contributed by atoms with van der Waals surface area (Å²) in [6.07, 6.45) is 1.60. The van der Waals surface area contributed by atoms with Gasteiger partial charge in [-0.1, -0.05) is 12.1 Å². The van der Waals surface area contributed by atoms with E-state index in [2.05, 4.69) is 4.98 Å². The Balaban J connectivity index is 1.79. The molecule has 0 fully saturated rings. The molecule has 28 heavy (non-hydrogen) atoms. The van der Waals surface area contributed by atoms with Gasteiger partial charge in [-0.15, -0.1) is 0 Å². The average molecular weight is 372 g/mol. The molecule has 1 aromatic carbocycles. The third kappa shape index (κ3) is 2.34. The monoisotopic (exact) mass is 372 g/mol. The smallest absolute Gasteiger partial charge is 0.270 e.